The van der Waals surface area contributed by atoms with Crippen LogP contribution in [0.4, 0.5) is 0 Å². The van der Waals surface area contributed by atoms with Crippen LogP contribution in [0, 0.1) is 5.92 Å². The summed E-state index contributed by atoms with van der Waals surface area (Å²) in [6.45, 7) is 3.41. The molecule has 0 aromatic carbocycles. The minimum Gasteiger partial charge on any atom is -0.481 e. The molecule has 0 heterocycles. The Balaban J connectivity index is 4.53. The van der Waals surface area contributed by atoms with Crippen molar-refractivity contribution >= 4 is 17.8 Å². The summed E-state index contributed by atoms with van der Waals surface area (Å²) in [5.74, 6) is -3.24. The highest BCUT2D eigenvalue weighted by atomic mass is 16.4. The summed E-state index contributed by atoms with van der Waals surface area (Å²) in [6.07, 6.45) is -0.545. The lowest BCUT2D eigenvalue weighted by molar-refractivity contribution is -0.143. The number of carbonyl (C=O) groups excluding carboxylic acids is 1. The zero-order chi connectivity index (χ0) is 14.3. The Morgan fingerprint density at radius 1 is 1.35 bits per heavy atom. The number of carbonyl (C=O) groups is 3. The molecule has 0 aromatic rings. The van der Waals surface area contributed by atoms with Gasteiger partial charge in [-0.15, -0.1) is 0 Å². The molecule has 7 heteroatoms. The van der Waals surface area contributed by atoms with Crippen molar-refractivity contribution in [2.45, 2.75) is 38.8 Å². The fourth-order valence-corrected chi connectivity index (χ4v) is 1.09. The van der Waals surface area contributed by atoms with E-state index in [1.807, 2.05) is 5.73 Å². The number of aliphatic carboxylic acids is 2. The van der Waals surface area contributed by atoms with E-state index < -0.39 is 29.9 Å². The van der Waals surface area contributed by atoms with Gasteiger partial charge in [0.2, 0.25) is 5.91 Å². The largest absolute Gasteiger partial charge is 0.481 e. The van der Waals surface area contributed by atoms with E-state index in [1.165, 1.54) is 0 Å². The van der Waals surface area contributed by atoms with Gasteiger partial charge in [0.15, 0.2) is 0 Å². The lowest BCUT2D eigenvalue weighted by Gasteiger charge is -2.19. The average molecular weight is 247 g/mol. The zero-order valence-corrected chi connectivity index (χ0v) is 9.77. The Hall–Kier alpha value is -1.63. The fourth-order valence-electron chi connectivity index (χ4n) is 1.09. The molecule has 17 heavy (non-hydrogen) atoms. The Morgan fingerprint density at radius 3 is 2.29 bits per heavy atom. The number of hydrogen-bond donors (Lipinski definition) is 4. The number of nitrogens with two attached hydrogens (primary N) is 1. The van der Waals surface area contributed by atoms with Crippen molar-refractivity contribution in [1.29, 1.82) is 0 Å². The third-order valence-corrected chi connectivity index (χ3v) is 2.21. The Morgan fingerprint density at radius 2 is 1.94 bits per heavy atom. The first kappa shape index (κ1) is 13.4. The van der Waals surface area contributed by atoms with Crippen molar-refractivity contribution in [3.8, 4) is 0 Å². The molecule has 0 radical (unpaired) electrons. The van der Waals surface area contributed by atoms with Crippen LogP contribution in [0.15, 0.2) is 0 Å². The summed E-state index contributed by atoms with van der Waals surface area (Å²) in [6, 6.07) is -2.10. The molecule has 0 fully saturated rings. The standard InChI is InChI=1S/C10H18N2O5/c1-5(2)8(11)9(15)12-6(10(16)17)3-4-7(13)14/h5-6,8H,3-4,11H2,1-2H3,(H,12,15)(H,13,14)(H,16,17)/t6-,8-/m0/s1/i/hD. The topological polar surface area (TPSA) is 130 Å². The molecular weight excluding hydrogens is 228 g/mol. The maximum atomic E-state index is 11.7. The first-order valence-corrected chi connectivity index (χ1v) is 5.21. The summed E-state index contributed by atoms with van der Waals surface area (Å²) in [5.41, 5.74) is 2.04. The molecular formula is C10H18N2O5. The van der Waals surface area contributed by atoms with Crippen LogP contribution in [0.5, 0.6) is 0 Å². The van der Waals surface area contributed by atoms with Crippen LogP contribution >= 0.6 is 0 Å². The van der Waals surface area contributed by atoms with E-state index in [0.717, 1.165) is 0 Å². The van der Waals surface area contributed by atoms with Crippen LogP contribution in [0.25, 0.3) is 0 Å². The van der Waals surface area contributed by atoms with Gasteiger partial charge >= 0.3 is 11.9 Å². The van der Waals surface area contributed by atoms with Crippen molar-refractivity contribution in [3.05, 3.63) is 0 Å². The molecule has 0 spiro atoms. The highest BCUT2D eigenvalue weighted by Crippen LogP contribution is 2.02. The minimum atomic E-state index is -1.29. The van der Waals surface area contributed by atoms with Crippen LogP contribution in [0.3, 0.4) is 0 Å². The maximum absolute atomic E-state index is 11.7. The van der Waals surface area contributed by atoms with Gasteiger partial charge in [-0.2, -0.15) is 0 Å². The van der Waals surface area contributed by atoms with E-state index in [4.69, 9.17) is 11.6 Å². The van der Waals surface area contributed by atoms with Crippen LogP contribution in [0.1, 0.15) is 26.7 Å². The fraction of sp³-hybridized carbons (Fsp3) is 0.700. The van der Waals surface area contributed by atoms with E-state index in [2.05, 4.69) is 5.32 Å². The molecule has 0 saturated heterocycles. The van der Waals surface area contributed by atoms with E-state index in [0.29, 0.717) is 0 Å². The number of rotatable bonds is 8. The maximum Gasteiger partial charge on any atom is 0.326 e. The molecule has 98 valence electrons. The molecule has 1 amide bonds. The van der Waals surface area contributed by atoms with Crippen LogP contribution < -0.4 is 11.0 Å². The van der Waals surface area contributed by atoms with Gasteiger partial charge in [0.05, 0.1) is 6.04 Å². The van der Waals surface area contributed by atoms with Crippen molar-refractivity contribution in [1.82, 2.24) is 5.32 Å². The molecule has 0 aliphatic heterocycles. The molecule has 0 unspecified atom stereocenters. The minimum absolute atomic E-state index is 0.184. The van der Waals surface area contributed by atoms with Crippen molar-refractivity contribution in [2.75, 3.05) is 0 Å². The highest BCUT2D eigenvalue weighted by Gasteiger charge is 2.25. The first-order valence-electron chi connectivity index (χ1n) is 5.71. The monoisotopic (exact) mass is 247 g/mol. The quantitative estimate of drug-likeness (QED) is 0.453. The van der Waals surface area contributed by atoms with E-state index in [9.17, 15) is 14.4 Å². The van der Waals surface area contributed by atoms with E-state index in [1.54, 1.807) is 13.8 Å². The molecule has 0 aliphatic rings. The molecule has 0 rings (SSSR count). The molecule has 0 aromatic heterocycles. The summed E-state index contributed by atoms with van der Waals surface area (Å²) in [7, 11) is 0. The zero-order valence-electron chi connectivity index (χ0n) is 10.8. The van der Waals surface area contributed by atoms with E-state index in [-0.39, 0.29) is 18.8 Å². The second-order valence-electron chi connectivity index (χ2n) is 4.05. The molecule has 7 nitrogen and oxygen atoms in total. The molecule has 5 N–H and O–H groups in total. The SMILES string of the molecule is [2H]N[C@H](C(=O)N[C@@H](CCC(=O)O)C(=O)O)C(C)C. The number of nitrogens with one attached hydrogen (secondary N) is 1. The van der Waals surface area contributed by atoms with Gasteiger partial charge in [-0.1, -0.05) is 13.8 Å². The van der Waals surface area contributed by atoms with E-state index >= 15 is 0 Å². The van der Waals surface area contributed by atoms with Gasteiger partial charge < -0.3 is 21.3 Å². The lowest BCUT2D eigenvalue weighted by Crippen LogP contribution is -2.50. The van der Waals surface area contributed by atoms with Gasteiger partial charge in [-0.3, -0.25) is 9.59 Å². The number of carboxylic acids is 2. The predicted octanol–water partition coefficient (Wildman–Crippen LogP) is -0.596. The average Bonchev–Trinajstić information content (AvgIpc) is 2.23. The Labute approximate surface area is 100 Å². The third-order valence-electron chi connectivity index (χ3n) is 2.21. The van der Waals surface area contributed by atoms with Crippen LogP contribution in [-0.4, -0.2) is 40.1 Å². The molecule has 0 saturated carbocycles. The molecule has 0 aliphatic carbocycles. The second kappa shape index (κ2) is 6.85. The second-order valence-corrected chi connectivity index (χ2v) is 4.05. The van der Waals surface area contributed by atoms with Crippen molar-refractivity contribution in [2.24, 2.45) is 11.6 Å². The number of hydrogen-bond acceptors (Lipinski definition) is 4. The summed E-state index contributed by atoms with van der Waals surface area (Å²) >= 11 is 0. The number of amides is 1. The van der Waals surface area contributed by atoms with Crippen LogP contribution in [-0.2, 0) is 14.4 Å². The van der Waals surface area contributed by atoms with Crippen molar-refractivity contribution < 1.29 is 26.0 Å². The van der Waals surface area contributed by atoms with Gasteiger partial charge in [0.25, 0.3) is 0 Å². The predicted molar refractivity (Wildman–Crippen MR) is 59.2 cm³/mol. The summed E-state index contributed by atoms with van der Waals surface area (Å²) < 4.78 is 6.99. The molecule has 0 bridgehead atoms. The highest BCUT2D eigenvalue weighted by molar-refractivity contribution is 5.87. The normalized spacial score (nSPS) is 14.9. The van der Waals surface area contributed by atoms with Gasteiger partial charge in [0, 0.05) is 6.42 Å². The molecule has 2 atom stereocenters. The third kappa shape index (κ3) is 5.86. The Kier molecular flexibility index (Phi) is 5.41. The van der Waals surface area contributed by atoms with Gasteiger partial charge in [-0.25, -0.2) is 4.79 Å². The van der Waals surface area contributed by atoms with Crippen molar-refractivity contribution in [3.63, 3.8) is 0 Å². The van der Waals surface area contributed by atoms with Gasteiger partial charge in [0.1, 0.15) is 7.45 Å². The lowest BCUT2D eigenvalue weighted by atomic mass is 10.0. The Bertz CT molecular complexity index is 321. The smallest absolute Gasteiger partial charge is 0.326 e. The first-order chi connectivity index (χ1) is 8.29. The summed E-state index contributed by atoms with van der Waals surface area (Å²) in [4.78, 5) is 32.9. The number of carboxylic acid groups (broad SMARTS) is 2. The van der Waals surface area contributed by atoms with Gasteiger partial charge in [-0.05, 0) is 12.3 Å². The summed E-state index contributed by atoms with van der Waals surface area (Å²) in [5, 5.41) is 19.5. The van der Waals surface area contributed by atoms with Crippen LogP contribution in [0.2, 0.25) is 1.41 Å².